The Bertz CT molecular complexity index is 703. The average Bonchev–Trinajstić information content (AvgIpc) is 3.26. The highest BCUT2D eigenvalue weighted by molar-refractivity contribution is 6.08. The number of nitrogens with one attached hydrogen (secondary N) is 1. The fourth-order valence-corrected chi connectivity index (χ4v) is 3.50. The molecule has 2 aliphatic heterocycles. The Morgan fingerprint density at radius 1 is 1.41 bits per heavy atom. The number of carbonyl (C=O) groups is 1. The van der Waals surface area contributed by atoms with Gasteiger partial charge in [0.1, 0.15) is 0 Å². The fourth-order valence-electron chi connectivity index (χ4n) is 3.50. The number of hydrogen-bond acceptors (Lipinski definition) is 3. The summed E-state index contributed by atoms with van der Waals surface area (Å²) in [5.41, 5.74) is 3.86. The standard InChI is InChI=1S/C17H19N3O2/c1-11-9-20(15-5-3-2-4-13(11)15)17(21)14-8-18-19-16(14)12-6-7-22-10-12/h2-5,8,11-12H,6-7,9-10H2,1H3,(H,18,19)/t11-,12+/m0/s1. The molecule has 22 heavy (non-hydrogen) atoms. The highest BCUT2D eigenvalue weighted by Gasteiger charge is 2.33. The number of aromatic nitrogens is 2. The lowest BCUT2D eigenvalue weighted by molar-refractivity contribution is 0.0987. The van der Waals surface area contributed by atoms with Gasteiger partial charge in [-0.15, -0.1) is 0 Å². The van der Waals surface area contributed by atoms with Gasteiger partial charge in [0.2, 0.25) is 0 Å². The van der Waals surface area contributed by atoms with Gasteiger partial charge >= 0.3 is 0 Å². The van der Waals surface area contributed by atoms with Gasteiger partial charge in [0.25, 0.3) is 5.91 Å². The Kier molecular flexibility index (Phi) is 3.22. The molecule has 114 valence electrons. The van der Waals surface area contributed by atoms with Gasteiger partial charge in [0, 0.05) is 30.7 Å². The number of H-pyrrole nitrogens is 1. The maximum Gasteiger partial charge on any atom is 0.261 e. The van der Waals surface area contributed by atoms with E-state index in [9.17, 15) is 4.79 Å². The Hall–Kier alpha value is -2.14. The fraction of sp³-hybridized carbons (Fsp3) is 0.412. The van der Waals surface area contributed by atoms with Crippen molar-refractivity contribution in [3.8, 4) is 0 Å². The van der Waals surface area contributed by atoms with Gasteiger partial charge in [-0.05, 0) is 18.1 Å². The van der Waals surface area contributed by atoms with Gasteiger partial charge in [-0.2, -0.15) is 5.10 Å². The lowest BCUT2D eigenvalue weighted by Crippen LogP contribution is -2.30. The maximum absolute atomic E-state index is 13.0. The predicted octanol–water partition coefficient (Wildman–Crippen LogP) is 2.68. The highest BCUT2D eigenvalue weighted by atomic mass is 16.5. The summed E-state index contributed by atoms with van der Waals surface area (Å²) in [5.74, 6) is 0.648. The zero-order valence-corrected chi connectivity index (χ0v) is 12.6. The van der Waals surface area contributed by atoms with Crippen LogP contribution in [0.3, 0.4) is 0 Å². The average molecular weight is 297 g/mol. The molecule has 1 N–H and O–H groups in total. The van der Waals surface area contributed by atoms with Gasteiger partial charge in [0.15, 0.2) is 0 Å². The third kappa shape index (κ3) is 2.04. The number of rotatable bonds is 2. The molecule has 5 nitrogen and oxygen atoms in total. The van der Waals surface area contributed by atoms with E-state index in [1.807, 2.05) is 23.1 Å². The Morgan fingerprint density at radius 3 is 3.09 bits per heavy atom. The van der Waals surface area contributed by atoms with Crippen molar-refractivity contribution in [3.63, 3.8) is 0 Å². The van der Waals surface area contributed by atoms with Crippen molar-refractivity contribution in [2.75, 3.05) is 24.7 Å². The monoisotopic (exact) mass is 297 g/mol. The van der Waals surface area contributed by atoms with Crippen LogP contribution < -0.4 is 4.90 Å². The maximum atomic E-state index is 13.0. The van der Waals surface area contributed by atoms with E-state index in [1.54, 1.807) is 6.20 Å². The van der Waals surface area contributed by atoms with Crippen LogP contribution in [0.4, 0.5) is 5.69 Å². The van der Waals surface area contributed by atoms with Crippen molar-refractivity contribution in [2.24, 2.45) is 0 Å². The summed E-state index contributed by atoms with van der Waals surface area (Å²) in [5, 5.41) is 7.12. The van der Waals surface area contributed by atoms with Gasteiger partial charge in [0.05, 0.1) is 24.1 Å². The van der Waals surface area contributed by atoms with Crippen molar-refractivity contribution < 1.29 is 9.53 Å². The van der Waals surface area contributed by atoms with Crippen LogP contribution in [0.1, 0.15) is 46.8 Å². The first-order chi connectivity index (χ1) is 10.8. The van der Waals surface area contributed by atoms with Gasteiger partial charge in [-0.25, -0.2) is 0 Å². The van der Waals surface area contributed by atoms with E-state index in [-0.39, 0.29) is 11.8 Å². The molecule has 4 rings (SSSR count). The number of carbonyl (C=O) groups excluding carboxylic acids is 1. The number of anilines is 1. The SMILES string of the molecule is C[C@H]1CN(C(=O)c2cn[nH]c2[C@@H]2CCOC2)c2ccccc21. The molecular formula is C17H19N3O2. The van der Waals surface area contributed by atoms with Crippen LogP contribution in [0.15, 0.2) is 30.5 Å². The van der Waals surface area contributed by atoms with Crippen LogP contribution in [-0.2, 0) is 4.74 Å². The number of hydrogen-bond donors (Lipinski definition) is 1. The van der Waals surface area contributed by atoms with E-state index in [2.05, 4.69) is 23.2 Å². The minimum absolute atomic E-state index is 0.0347. The molecule has 1 aromatic heterocycles. The number of ether oxygens (including phenoxy) is 1. The van der Waals surface area contributed by atoms with Crippen molar-refractivity contribution in [2.45, 2.75) is 25.2 Å². The molecule has 1 amide bonds. The van der Waals surface area contributed by atoms with Crippen LogP contribution in [0, 0.1) is 0 Å². The molecule has 0 bridgehead atoms. The summed E-state index contributed by atoms with van der Waals surface area (Å²) in [6, 6.07) is 8.14. The first-order valence-electron chi connectivity index (χ1n) is 7.77. The van der Waals surface area contributed by atoms with Gasteiger partial charge in [-0.3, -0.25) is 9.89 Å². The lowest BCUT2D eigenvalue weighted by Gasteiger charge is -2.18. The third-order valence-corrected chi connectivity index (χ3v) is 4.70. The Balaban J connectivity index is 1.68. The molecule has 1 fully saturated rings. The van der Waals surface area contributed by atoms with Crippen LogP contribution >= 0.6 is 0 Å². The minimum Gasteiger partial charge on any atom is -0.381 e. The molecule has 0 aliphatic carbocycles. The minimum atomic E-state index is 0.0347. The molecule has 0 unspecified atom stereocenters. The first kappa shape index (κ1) is 13.5. The molecule has 1 saturated heterocycles. The van der Waals surface area contributed by atoms with E-state index in [4.69, 9.17) is 4.74 Å². The molecule has 5 heteroatoms. The summed E-state index contributed by atoms with van der Waals surface area (Å²) in [7, 11) is 0. The molecule has 3 heterocycles. The van der Waals surface area contributed by atoms with Gasteiger partial charge in [-0.1, -0.05) is 25.1 Å². The largest absolute Gasteiger partial charge is 0.381 e. The summed E-state index contributed by atoms with van der Waals surface area (Å²) in [4.78, 5) is 14.9. The molecule has 1 aromatic carbocycles. The zero-order valence-electron chi connectivity index (χ0n) is 12.6. The molecule has 2 aromatic rings. The van der Waals surface area contributed by atoms with Gasteiger partial charge < -0.3 is 9.64 Å². The first-order valence-corrected chi connectivity index (χ1v) is 7.77. The number of aromatic amines is 1. The normalized spacial score (nSPS) is 23.8. The summed E-state index contributed by atoms with van der Waals surface area (Å²) in [6.07, 6.45) is 2.59. The number of nitrogens with zero attached hydrogens (tertiary/aromatic N) is 2. The van der Waals surface area contributed by atoms with Crippen molar-refractivity contribution >= 4 is 11.6 Å². The van der Waals surface area contributed by atoms with Crippen molar-refractivity contribution in [1.82, 2.24) is 10.2 Å². The molecule has 0 saturated carbocycles. The number of benzene rings is 1. The number of para-hydroxylation sites is 1. The van der Waals surface area contributed by atoms with E-state index in [1.165, 1.54) is 5.56 Å². The lowest BCUT2D eigenvalue weighted by atomic mass is 10.0. The highest BCUT2D eigenvalue weighted by Crippen LogP contribution is 2.37. The molecular weight excluding hydrogens is 278 g/mol. The number of fused-ring (bicyclic) bond motifs is 1. The molecule has 2 aliphatic rings. The summed E-state index contributed by atoms with van der Waals surface area (Å²) < 4.78 is 5.44. The molecule has 0 radical (unpaired) electrons. The van der Waals surface area contributed by atoms with Crippen molar-refractivity contribution in [3.05, 3.63) is 47.3 Å². The second-order valence-electron chi connectivity index (χ2n) is 6.13. The van der Waals surface area contributed by atoms with E-state index in [0.717, 1.165) is 31.0 Å². The summed E-state index contributed by atoms with van der Waals surface area (Å²) in [6.45, 7) is 4.30. The van der Waals surface area contributed by atoms with Crippen LogP contribution in [0.5, 0.6) is 0 Å². The second-order valence-corrected chi connectivity index (χ2v) is 6.13. The van der Waals surface area contributed by atoms with Crippen LogP contribution in [0.2, 0.25) is 0 Å². The van der Waals surface area contributed by atoms with E-state index >= 15 is 0 Å². The predicted molar refractivity (Wildman–Crippen MR) is 83.3 cm³/mol. The quantitative estimate of drug-likeness (QED) is 0.927. The Labute approximate surface area is 129 Å². The van der Waals surface area contributed by atoms with Crippen LogP contribution in [0.25, 0.3) is 0 Å². The van der Waals surface area contributed by atoms with E-state index < -0.39 is 0 Å². The smallest absolute Gasteiger partial charge is 0.261 e. The van der Waals surface area contributed by atoms with Crippen LogP contribution in [-0.4, -0.2) is 35.9 Å². The Morgan fingerprint density at radius 2 is 2.27 bits per heavy atom. The second kappa shape index (κ2) is 5.25. The zero-order chi connectivity index (χ0) is 15.1. The molecule has 2 atom stereocenters. The molecule has 0 spiro atoms. The third-order valence-electron chi connectivity index (χ3n) is 4.70. The van der Waals surface area contributed by atoms with E-state index in [0.29, 0.717) is 18.1 Å². The topological polar surface area (TPSA) is 58.2 Å². The summed E-state index contributed by atoms with van der Waals surface area (Å²) >= 11 is 0. The van der Waals surface area contributed by atoms with Crippen molar-refractivity contribution in [1.29, 1.82) is 0 Å². The number of amides is 1.